The lowest BCUT2D eigenvalue weighted by atomic mass is 10.1. The molecule has 1 aromatic heterocycles. The van der Waals surface area contributed by atoms with Crippen molar-refractivity contribution in [1.82, 2.24) is 9.59 Å². The number of benzene rings is 1. The first-order chi connectivity index (χ1) is 7.72. The maximum Gasteiger partial charge on any atom is 0.138 e. The minimum absolute atomic E-state index is 0.383. The number of rotatable bonds is 2. The summed E-state index contributed by atoms with van der Waals surface area (Å²) < 4.78 is 3.81. The summed E-state index contributed by atoms with van der Waals surface area (Å²) in [6, 6.07) is 7.07. The van der Waals surface area contributed by atoms with Crippen LogP contribution >= 0.6 is 23.1 Å². The van der Waals surface area contributed by atoms with Crippen molar-refractivity contribution in [2.75, 3.05) is 0 Å². The van der Waals surface area contributed by atoms with E-state index in [2.05, 4.69) is 14.7 Å². The molecule has 0 bridgehead atoms. The summed E-state index contributed by atoms with van der Waals surface area (Å²) in [6.07, 6.45) is 0. The van der Waals surface area contributed by atoms with Crippen LogP contribution in [0.3, 0.4) is 0 Å². The summed E-state index contributed by atoms with van der Waals surface area (Å²) in [5.41, 5.74) is 1.68. The lowest BCUT2D eigenvalue weighted by molar-refractivity contribution is 0.319. The van der Waals surface area contributed by atoms with Gasteiger partial charge in [0, 0.05) is 10.6 Å². The van der Waals surface area contributed by atoms with Crippen molar-refractivity contribution in [3.05, 3.63) is 45.4 Å². The van der Waals surface area contributed by atoms with Gasteiger partial charge in [-0.3, -0.25) is 0 Å². The van der Waals surface area contributed by atoms with Gasteiger partial charge in [-0.15, -0.1) is 5.10 Å². The Morgan fingerprint density at radius 3 is 2.88 bits per heavy atom. The lowest BCUT2D eigenvalue weighted by Crippen LogP contribution is -2.05. The van der Waals surface area contributed by atoms with E-state index < -0.39 is 0 Å². The molecular weight excluding hydrogens is 246 g/mol. The van der Waals surface area contributed by atoms with Crippen LogP contribution in [0.15, 0.2) is 29.4 Å². The van der Waals surface area contributed by atoms with Crippen LogP contribution < -0.4 is 0 Å². The Morgan fingerprint density at radius 1 is 1.50 bits per heavy atom. The molecule has 4 nitrogen and oxygen atoms in total. The molecular formula is C10H8ClN3OS. The normalized spacial score (nSPS) is 11.8. The van der Waals surface area contributed by atoms with Gasteiger partial charge >= 0.3 is 0 Å². The third-order valence-corrected chi connectivity index (χ3v) is 2.94. The summed E-state index contributed by atoms with van der Waals surface area (Å²) >= 11 is 7.14. The average Bonchev–Trinajstić information content (AvgIpc) is 2.67. The van der Waals surface area contributed by atoms with E-state index in [9.17, 15) is 0 Å². The highest BCUT2D eigenvalue weighted by Gasteiger charge is 2.14. The molecule has 2 aromatic rings. The summed E-state index contributed by atoms with van der Waals surface area (Å²) in [5.74, 6) is 0. The van der Waals surface area contributed by atoms with Crippen LogP contribution in [0.4, 0.5) is 0 Å². The van der Waals surface area contributed by atoms with Crippen molar-refractivity contribution in [3.8, 4) is 0 Å². The molecule has 82 valence electrons. The molecule has 1 aromatic carbocycles. The third-order valence-electron chi connectivity index (χ3n) is 2.07. The Hall–Kier alpha value is -1.46. The zero-order valence-electron chi connectivity index (χ0n) is 8.38. The molecule has 1 N–H and O–H groups in total. The van der Waals surface area contributed by atoms with Gasteiger partial charge in [0.2, 0.25) is 0 Å². The highest BCUT2D eigenvalue weighted by atomic mass is 35.5. The van der Waals surface area contributed by atoms with Crippen molar-refractivity contribution in [2.24, 2.45) is 5.16 Å². The van der Waals surface area contributed by atoms with Gasteiger partial charge in [-0.2, -0.15) is 0 Å². The standard InChI is InChI=1S/C10H8ClN3OS/c1-6-9(12-14-16-6)10(13-15)7-3-2-4-8(11)5-7/h2-5,15H,1H3/b13-10-. The molecule has 0 aliphatic rings. The molecule has 2 rings (SSSR count). The van der Waals surface area contributed by atoms with Crippen LogP contribution in [0.1, 0.15) is 16.1 Å². The minimum Gasteiger partial charge on any atom is -0.410 e. The Morgan fingerprint density at radius 2 is 2.31 bits per heavy atom. The first-order valence-electron chi connectivity index (χ1n) is 4.49. The van der Waals surface area contributed by atoms with Gasteiger partial charge in [0.25, 0.3) is 0 Å². The summed E-state index contributed by atoms with van der Waals surface area (Å²) in [4.78, 5) is 0.896. The largest absolute Gasteiger partial charge is 0.410 e. The molecule has 0 amide bonds. The SMILES string of the molecule is Cc1snnc1/C(=N\O)c1cccc(Cl)c1. The second-order valence-corrected chi connectivity index (χ2v) is 4.53. The van der Waals surface area contributed by atoms with E-state index in [1.165, 1.54) is 11.5 Å². The molecule has 0 saturated heterocycles. The molecule has 0 aliphatic carbocycles. The van der Waals surface area contributed by atoms with Gasteiger partial charge in [-0.25, -0.2) is 0 Å². The van der Waals surface area contributed by atoms with Crippen LogP contribution in [0.2, 0.25) is 5.02 Å². The first-order valence-corrected chi connectivity index (χ1v) is 5.65. The topological polar surface area (TPSA) is 58.4 Å². The highest BCUT2D eigenvalue weighted by Crippen LogP contribution is 2.17. The summed E-state index contributed by atoms with van der Waals surface area (Å²) in [6.45, 7) is 1.87. The molecule has 0 unspecified atom stereocenters. The van der Waals surface area contributed by atoms with Crippen LogP contribution in [-0.2, 0) is 0 Å². The average molecular weight is 254 g/mol. The van der Waals surface area contributed by atoms with Gasteiger partial charge in [0.15, 0.2) is 0 Å². The van der Waals surface area contributed by atoms with Crippen LogP contribution in [0, 0.1) is 6.92 Å². The zero-order chi connectivity index (χ0) is 11.5. The molecule has 1 heterocycles. The Balaban J connectivity index is 2.50. The van der Waals surface area contributed by atoms with Crippen molar-refractivity contribution >= 4 is 28.8 Å². The van der Waals surface area contributed by atoms with Gasteiger partial charge in [-0.1, -0.05) is 33.4 Å². The second-order valence-electron chi connectivity index (χ2n) is 3.14. The summed E-state index contributed by atoms with van der Waals surface area (Å²) in [7, 11) is 0. The zero-order valence-corrected chi connectivity index (χ0v) is 9.96. The third kappa shape index (κ3) is 2.05. The van der Waals surface area contributed by atoms with Crippen molar-refractivity contribution in [1.29, 1.82) is 0 Å². The van der Waals surface area contributed by atoms with Gasteiger partial charge < -0.3 is 5.21 Å². The molecule has 0 saturated carbocycles. The number of hydrogen-bond acceptors (Lipinski definition) is 5. The lowest BCUT2D eigenvalue weighted by Gasteiger charge is -2.02. The predicted molar refractivity (Wildman–Crippen MR) is 63.5 cm³/mol. The molecule has 0 atom stereocenters. The number of aryl methyl sites for hydroxylation is 1. The second kappa shape index (κ2) is 4.59. The molecule has 0 aliphatic heterocycles. The smallest absolute Gasteiger partial charge is 0.138 e. The molecule has 0 radical (unpaired) electrons. The molecule has 0 fully saturated rings. The van der Waals surface area contributed by atoms with Gasteiger partial charge in [0.1, 0.15) is 11.4 Å². The maximum absolute atomic E-state index is 9.05. The molecule has 0 spiro atoms. The van der Waals surface area contributed by atoms with Gasteiger partial charge in [-0.05, 0) is 30.6 Å². The van der Waals surface area contributed by atoms with E-state index in [-0.39, 0.29) is 0 Å². The van der Waals surface area contributed by atoms with Gasteiger partial charge in [0.05, 0.1) is 4.88 Å². The maximum atomic E-state index is 9.05. The summed E-state index contributed by atoms with van der Waals surface area (Å²) in [5, 5.41) is 16.8. The fourth-order valence-corrected chi connectivity index (χ4v) is 1.99. The Bertz CT molecular complexity index is 538. The van der Waals surface area contributed by atoms with Crippen molar-refractivity contribution < 1.29 is 5.21 Å². The van der Waals surface area contributed by atoms with E-state index in [4.69, 9.17) is 16.8 Å². The monoisotopic (exact) mass is 253 g/mol. The number of oxime groups is 1. The van der Waals surface area contributed by atoms with Crippen LogP contribution in [0.5, 0.6) is 0 Å². The first kappa shape index (κ1) is 11.0. The number of halogens is 1. The Labute approximate surface area is 101 Å². The van der Waals surface area contributed by atoms with E-state index in [1.54, 1.807) is 24.3 Å². The fourth-order valence-electron chi connectivity index (χ4n) is 1.33. The fraction of sp³-hybridized carbons (Fsp3) is 0.100. The predicted octanol–water partition coefficient (Wildman–Crippen LogP) is 2.73. The van der Waals surface area contributed by atoms with E-state index in [0.29, 0.717) is 22.0 Å². The van der Waals surface area contributed by atoms with Crippen LogP contribution in [-0.4, -0.2) is 20.5 Å². The van der Waals surface area contributed by atoms with E-state index in [1.807, 2.05) is 6.92 Å². The number of nitrogens with zero attached hydrogens (tertiary/aromatic N) is 3. The van der Waals surface area contributed by atoms with Crippen molar-refractivity contribution in [3.63, 3.8) is 0 Å². The number of aromatic nitrogens is 2. The van der Waals surface area contributed by atoms with Crippen LogP contribution in [0.25, 0.3) is 0 Å². The van der Waals surface area contributed by atoms with E-state index in [0.717, 1.165) is 4.88 Å². The number of hydrogen-bond donors (Lipinski definition) is 1. The molecule has 16 heavy (non-hydrogen) atoms. The van der Waals surface area contributed by atoms with E-state index >= 15 is 0 Å². The van der Waals surface area contributed by atoms with Crippen molar-refractivity contribution in [2.45, 2.75) is 6.92 Å². The quantitative estimate of drug-likeness (QED) is 0.509. The molecule has 6 heteroatoms. The Kier molecular flexibility index (Phi) is 3.17. The highest BCUT2D eigenvalue weighted by molar-refractivity contribution is 7.05. The minimum atomic E-state index is 0.383.